The van der Waals surface area contributed by atoms with Crippen LogP contribution in [-0.4, -0.2) is 24.4 Å². The summed E-state index contributed by atoms with van der Waals surface area (Å²) in [4.78, 5) is 28.6. The molecule has 2 aromatic rings. The molecular weight excluding hydrogens is 521 g/mol. The lowest BCUT2D eigenvalue weighted by Crippen LogP contribution is -2.11. The third-order valence-electron chi connectivity index (χ3n) is 4.76. The van der Waals surface area contributed by atoms with E-state index in [1.165, 1.54) is 5.56 Å². The number of halogens is 1. The third-order valence-corrected chi connectivity index (χ3v) is 5.56. The van der Waals surface area contributed by atoms with Crippen molar-refractivity contribution < 1.29 is 23.8 Å². The van der Waals surface area contributed by atoms with Gasteiger partial charge in [0, 0.05) is 12.0 Å². The van der Waals surface area contributed by atoms with E-state index >= 15 is 0 Å². The van der Waals surface area contributed by atoms with Gasteiger partial charge in [0.05, 0.1) is 10.2 Å². The minimum atomic E-state index is -0.519. The third kappa shape index (κ3) is 5.56. The number of hydrogen-bond acceptors (Lipinski definition) is 6. The van der Waals surface area contributed by atoms with Crippen molar-refractivity contribution in [3.05, 3.63) is 62.4 Å². The van der Waals surface area contributed by atoms with Crippen LogP contribution < -0.4 is 9.47 Å². The number of ether oxygens (including phenoxy) is 3. The van der Waals surface area contributed by atoms with Gasteiger partial charge in [-0.1, -0.05) is 39.8 Å². The average molecular weight is 547 g/mol. The highest BCUT2D eigenvalue weighted by Crippen LogP contribution is 2.35. The highest BCUT2D eigenvalue weighted by Gasteiger charge is 2.25. The van der Waals surface area contributed by atoms with Gasteiger partial charge in [0.1, 0.15) is 0 Å². The molecule has 168 valence electrons. The lowest BCUT2D eigenvalue weighted by Gasteiger charge is -2.18. The minimum Gasteiger partial charge on any atom is -0.490 e. The van der Waals surface area contributed by atoms with Crippen LogP contribution in [0.2, 0.25) is 0 Å². The average Bonchev–Trinajstić information content (AvgIpc) is 3.10. The predicted molar refractivity (Wildman–Crippen MR) is 132 cm³/mol. The molecule has 1 heterocycles. The van der Waals surface area contributed by atoms with Crippen molar-refractivity contribution in [2.75, 3.05) is 6.61 Å². The van der Waals surface area contributed by atoms with E-state index in [1.54, 1.807) is 25.1 Å². The van der Waals surface area contributed by atoms with Gasteiger partial charge in [-0.15, -0.1) is 0 Å². The first kappa shape index (κ1) is 24.0. The molecule has 0 aromatic heterocycles. The number of carbonyl (C=O) groups is 2. The van der Waals surface area contributed by atoms with Gasteiger partial charge >= 0.3 is 11.9 Å². The first-order valence-corrected chi connectivity index (χ1v) is 11.5. The number of hydrogen-bond donors (Lipinski definition) is 0. The van der Waals surface area contributed by atoms with Crippen molar-refractivity contribution in [3.8, 4) is 11.5 Å². The first-order chi connectivity index (χ1) is 15.1. The largest absolute Gasteiger partial charge is 0.490 e. The summed E-state index contributed by atoms with van der Waals surface area (Å²) in [5.41, 5.74) is 2.83. The number of rotatable bonds is 6. The van der Waals surface area contributed by atoms with Crippen LogP contribution in [0.5, 0.6) is 11.5 Å². The van der Waals surface area contributed by atoms with Crippen LogP contribution in [0.4, 0.5) is 0 Å². The van der Waals surface area contributed by atoms with Crippen LogP contribution in [0.15, 0.2) is 47.1 Å². The van der Waals surface area contributed by atoms with Crippen LogP contribution in [0.3, 0.4) is 0 Å². The molecular formula is C25H26INO5. The molecule has 0 unspecified atom stereocenters. The molecule has 1 aliphatic heterocycles. The summed E-state index contributed by atoms with van der Waals surface area (Å²) in [5.74, 6) is 0.213. The van der Waals surface area contributed by atoms with Crippen LogP contribution >= 0.6 is 22.6 Å². The van der Waals surface area contributed by atoms with E-state index in [1.807, 2.05) is 31.2 Å². The van der Waals surface area contributed by atoms with Gasteiger partial charge < -0.3 is 14.2 Å². The maximum Gasteiger partial charge on any atom is 0.363 e. The molecule has 6 nitrogen and oxygen atoms in total. The van der Waals surface area contributed by atoms with Crippen molar-refractivity contribution in [2.45, 2.75) is 46.5 Å². The molecule has 0 aliphatic carbocycles. The Morgan fingerprint density at radius 3 is 2.44 bits per heavy atom. The molecule has 2 aromatic carbocycles. The van der Waals surface area contributed by atoms with Crippen LogP contribution in [0.25, 0.3) is 6.08 Å². The molecule has 0 radical (unpaired) electrons. The zero-order chi connectivity index (χ0) is 23.5. The quantitative estimate of drug-likeness (QED) is 0.202. The standard InChI is InChI=1S/C25H26INO5/c1-6-21(28)31-22-18(26)12-15(14-20(22)30-7-2)13-19-24(29)32-23(27-19)16-8-10-17(11-9-16)25(3,4)5/h8-14H,6-7H2,1-5H3. The molecule has 0 saturated heterocycles. The second-order valence-corrected chi connectivity index (χ2v) is 9.42. The molecule has 0 amide bonds. The Labute approximate surface area is 201 Å². The summed E-state index contributed by atoms with van der Waals surface area (Å²) in [6, 6.07) is 11.4. The normalized spacial score (nSPS) is 14.9. The predicted octanol–water partition coefficient (Wildman–Crippen LogP) is 5.65. The van der Waals surface area contributed by atoms with Gasteiger partial charge in [0.15, 0.2) is 17.2 Å². The van der Waals surface area contributed by atoms with Gasteiger partial charge in [0.2, 0.25) is 5.90 Å². The van der Waals surface area contributed by atoms with Crippen molar-refractivity contribution in [3.63, 3.8) is 0 Å². The summed E-state index contributed by atoms with van der Waals surface area (Å²) < 4.78 is 17.2. The smallest absolute Gasteiger partial charge is 0.363 e. The SMILES string of the molecule is CCOc1cc(C=C2N=C(c3ccc(C(C)(C)C)cc3)OC2=O)cc(I)c1OC(=O)CC. The van der Waals surface area contributed by atoms with Crippen molar-refractivity contribution in [1.82, 2.24) is 0 Å². The summed E-state index contributed by atoms with van der Waals surface area (Å²) >= 11 is 2.08. The van der Waals surface area contributed by atoms with E-state index in [9.17, 15) is 9.59 Å². The summed E-state index contributed by atoms with van der Waals surface area (Å²) in [5, 5.41) is 0. The Balaban J connectivity index is 1.92. The molecule has 32 heavy (non-hydrogen) atoms. The molecule has 0 bridgehead atoms. The second-order valence-electron chi connectivity index (χ2n) is 8.25. The van der Waals surface area contributed by atoms with Gasteiger partial charge in [-0.25, -0.2) is 9.79 Å². The summed E-state index contributed by atoms with van der Waals surface area (Å²) in [6.07, 6.45) is 1.89. The zero-order valence-electron chi connectivity index (χ0n) is 18.8. The summed E-state index contributed by atoms with van der Waals surface area (Å²) in [7, 11) is 0. The maximum atomic E-state index is 12.4. The Morgan fingerprint density at radius 2 is 1.84 bits per heavy atom. The number of aliphatic imine (C=N–C) groups is 1. The van der Waals surface area contributed by atoms with Crippen LogP contribution in [-0.2, 0) is 19.7 Å². The number of benzene rings is 2. The molecule has 0 spiro atoms. The van der Waals surface area contributed by atoms with Gasteiger partial charge in [-0.3, -0.25) is 4.79 Å². The van der Waals surface area contributed by atoms with Crippen LogP contribution in [0, 0.1) is 3.57 Å². The Kier molecular flexibility index (Phi) is 7.38. The van der Waals surface area contributed by atoms with E-state index in [0.717, 1.165) is 5.56 Å². The summed E-state index contributed by atoms with van der Waals surface area (Å²) in [6.45, 7) is 10.4. The first-order valence-electron chi connectivity index (χ1n) is 10.4. The zero-order valence-corrected chi connectivity index (χ0v) is 21.0. The number of esters is 2. The van der Waals surface area contributed by atoms with Gasteiger partial charge in [-0.2, -0.15) is 0 Å². The Hall–Kier alpha value is -2.68. The van der Waals surface area contributed by atoms with Crippen LogP contribution in [0.1, 0.15) is 57.7 Å². The number of nitrogens with zero attached hydrogens (tertiary/aromatic N) is 1. The second kappa shape index (κ2) is 9.85. The Morgan fingerprint density at radius 1 is 1.16 bits per heavy atom. The van der Waals surface area contributed by atoms with Crippen molar-refractivity contribution in [1.29, 1.82) is 0 Å². The lowest BCUT2D eigenvalue weighted by atomic mass is 9.87. The van der Waals surface area contributed by atoms with Gasteiger partial charge in [-0.05, 0) is 76.4 Å². The molecule has 0 fully saturated rings. The van der Waals surface area contributed by atoms with E-state index in [-0.39, 0.29) is 29.4 Å². The fraction of sp³-hybridized carbons (Fsp3) is 0.320. The fourth-order valence-electron chi connectivity index (χ4n) is 3.02. The highest BCUT2D eigenvalue weighted by molar-refractivity contribution is 14.1. The number of cyclic esters (lactones) is 1. The number of carbonyl (C=O) groups excluding carboxylic acids is 2. The lowest BCUT2D eigenvalue weighted by molar-refractivity contribution is -0.134. The highest BCUT2D eigenvalue weighted by atomic mass is 127. The van der Waals surface area contributed by atoms with E-state index in [0.29, 0.717) is 27.2 Å². The maximum absolute atomic E-state index is 12.4. The topological polar surface area (TPSA) is 74.2 Å². The Bertz CT molecular complexity index is 1090. The van der Waals surface area contributed by atoms with E-state index in [4.69, 9.17) is 14.2 Å². The minimum absolute atomic E-state index is 0.0325. The fourth-order valence-corrected chi connectivity index (χ4v) is 3.76. The molecule has 1 aliphatic rings. The van der Waals surface area contributed by atoms with Gasteiger partial charge in [0.25, 0.3) is 0 Å². The van der Waals surface area contributed by atoms with E-state index < -0.39 is 5.97 Å². The monoisotopic (exact) mass is 547 g/mol. The molecule has 3 rings (SSSR count). The molecule has 0 atom stereocenters. The molecule has 0 N–H and O–H groups in total. The van der Waals surface area contributed by atoms with E-state index in [2.05, 4.69) is 48.4 Å². The van der Waals surface area contributed by atoms with Crippen molar-refractivity contribution in [2.24, 2.45) is 4.99 Å². The molecule has 7 heteroatoms. The van der Waals surface area contributed by atoms with Crippen molar-refractivity contribution >= 4 is 46.5 Å². The molecule has 0 saturated carbocycles.